The van der Waals surface area contributed by atoms with Crippen LogP contribution in [0.4, 0.5) is 10.5 Å². The van der Waals surface area contributed by atoms with E-state index in [0.717, 1.165) is 5.56 Å². The number of anilines is 1. The summed E-state index contributed by atoms with van der Waals surface area (Å²) in [6.45, 7) is 6.23. The monoisotopic (exact) mass is 294 g/mol. The van der Waals surface area contributed by atoms with Crippen LogP contribution in [0, 0.1) is 0 Å². The van der Waals surface area contributed by atoms with Gasteiger partial charge in [-0.3, -0.25) is 0 Å². The lowest BCUT2D eigenvalue weighted by atomic mass is 9.86. The number of hydrogen-bond acceptors (Lipinski definition) is 3. The molecule has 1 rings (SSSR count). The minimum absolute atomic E-state index is 0.0380. The van der Waals surface area contributed by atoms with Gasteiger partial charge in [0.1, 0.15) is 0 Å². The molecule has 0 heterocycles. The number of urea groups is 1. The van der Waals surface area contributed by atoms with E-state index in [9.17, 15) is 9.59 Å². The molecule has 1 unspecified atom stereocenters. The van der Waals surface area contributed by atoms with Crippen molar-refractivity contribution in [1.29, 1.82) is 0 Å². The highest BCUT2D eigenvalue weighted by Gasteiger charge is 2.18. The van der Waals surface area contributed by atoms with Crippen LogP contribution in [0.25, 0.3) is 0 Å². The highest BCUT2D eigenvalue weighted by Crippen LogP contribution is 2.29. The van der Waals surface area contributed by atoms with Crippen LogP contribution in [0.15, 0.2) is 24.3 Å². The van der Waals surface area contributed by atoms with Crippen molar-refractivity contribution >= 4 is 17.7 Å². The highest BCUT2D eigenvalue weighted by molar-refractivity contribution is 5.90. The number of aliphatic hydroxyl groups excluding tert-OH is 1. The second kappa shape index (κ2) is 7.08. The lowest BCUT2D eigenvalue weighted by molar-refractivity contribution is -0.146. The van der Waals surface area contributed by atoms with Gasteiger partial charge in [-0.15, -0.1) is 0 Å². The molecule has 1 atom stereocenters. The third-order valence-corrected chi connectivity index (χ3v) is 2.97. The summed E-state index contributed by atoms with van der Waals surface area (Å²) in [4.78, 5) is 22.2. The molecule has 21 heavy (non-hydrogen) atoms. The van der Waals surface area contributed by atoms with Crippen LogP contribution in [0.2, 0.25) is 0 Å². The van der Waals surface area contributed by atoms with Crippen LogP contribution in [0.3, 0.4) is 0 Å². The fraction of sp³-hybridized carbons (Fsp3) is 0.467. The third kappa shape index (κ3) is 5.43. The third-order valence-electron chi connectivity index (χ3n) is 2.97. The molecule has 1 aromatic rings. The van der Waals surface area contributed by atoms with Crippen molar-refractivity contribution in [2.75, 3.05) is 11.9 Å². The predicted octanol–water partition coefficient (Wildman–Crippen LogP) is 1.94. The first-order valence-electron chi connectivity index (χ1n) is 6.77. The van der Waals surface area contributed by atoms with Crippen LogP contribution in [0.1, 0.15) is 32.8 Å². The molecule has 0 bridgehead atoms. The van der Waals surface area contributed by atoms with Crippen molar-refractivity contribution in [1.82, 2.24) is 5.32 Å². The van der Waals surface area contributed by atoms with Crippen molar-refractivity contribution in [3.05, 3.63) is 29.8 Å². The zero-order chi connectivity index (χ0) is 16.0. The van der Waals surface area contributed by atoms with Crippen molar-refractivity contribution in [2.24, 2.45) is 0 Å². The largest absolute Gasteiger partial charge is 0.479 e. The molecule has 0 spiro atoms. The molecule has 4 N–H and O–H groups in total. The lowest BCUT2D eigenvalue weighted by Gasteiger charge is -2.23. The van der Waals surface area contributed by atoms with Crippen molar-refractivity contribution in [3.63, 3.8) is 0 Å². The van der Waals surface area contributed by atoms with E-state index < -0.39 is 18.1 Å². The van der Waals surface area contributed by atoms with Crippen molar-refractivity contribution < 1.29 is 19.8 Å². The van der Waals surface area contributed by atoms with E-state index in [1.54, 1.807) is 0 Å². The summed E-state index contributed by atoms with van der Waals surface area (Å²) in [6, 6.07) is 7.08. The molecule has 2 amide bonds. The van der Waals surface area contributed by atoms with Gasteiger partial charge < -0.3 is 20.8 Å². The summed E-state index contributed by atoms with van der Waals surface area (Å²) in [7, 11) is 0. The van der Waals surface area contributed by atoms with Gasteiger partial charge in [-0.1, -0.05) is 39.0 Å². The van der Waals surface area contributed by atoms with E-state index in [-0.39, 0.29) is 18.4 Å². The SMILES string of the molecule is CC(C)(C)c1ccccc1NC(=O)NCCC(O)C(=O)O. The second-order valence-corrected chi connectivity index (χ2v) is 5.82. The maximum atomic E-state index is 11.8. The van der Waals surface area contributed by atoms with Gasteiger partial charge in [-0.2, -0.15) is 0 Å². The van der Waals surface area contributed by atoms with E-state index in [0.29, 0.717) is 5.69 Å². The Morgan fingerprint density at radius 1 is 1.24 bits per heavy atom. The predicted molar refractivity (Wildman–Crippen MR) is 80.4 cm³/mol. The number of aliphatic hydroxyl groups is 1. The van der Waals surface area contributed by atoms with E-state index in [4.69, 9.17) is 10.2 Å². The maximum absolute atomic E-state index is 11.8. The second-order valence-electron chi connectivity index (χ2n) is 5.82. The van der Waals surface area contributed by atoms with Crippen molar-refractivity contribution in [2.45, 2.75) is 38.7 Å². The molecule has 0 saturated heterocycles. The zero-order valence-corrected chi connectivity index (χ0v) is 12.5. The minimum atomic E-state index is -1.47. The van der Waals surface area contributed by atoms with Gasteiger partial charge in [-0.05, 0) is 17.0 Å². The Morgan fingerprint density at radius 2 is 1.86 bits per heavy atom. The summed E-state index contributed by atoms with van der Waals surface area (Å²) < 4.78 is 0. The van der Waals surface area contributed by atoms with Crippen LogP contribution >= 0.6 is 0 Å². The molecule has 0 saturated carbocycles. The summed E-state index contributed by atoms with van der Waals surface area (Å²) in [6.07, 6.45) is -1.50. The molecule has 6 heteroatoms. The first kappa shape index (κ1) is 17.0. The van der Waals surface area contributed by atoms with Crippen LogP contribution < -0.4 is 10.6 Å². The number of nitrogens with one attached hydrogen (secondary N) is 2. The molecule has 0 aliphatic heterocycles. The number of amides is 2. The fourth-order valence-electron chi connectivity index (χ4n) is 1.86. The Morgan fingerprint density at radius 3 is 2.43 bits per heavy atom. The van der Waals surface area contributed by atoms with E-state index in [1.807, 2.05) is 24.3 Å². The summed E-state index contributed by atoms with van der Waals surface area (Å²) in [5, 5.41) is 22.9. The van der Waals surface area contributed by atoms with E-state index in [2.05, 4.69) is 31.4 Å². The summed E-state index contributed by atoms with van der Waals surface area (Å²) in [5.41, 5.74) is 1.61. The zero-order valence-electron chi connectivity index (χ0n) is 12.5. The topological polar surface area (TPSA) is 98.7 Å². The number of carbonyl (C=O) groups is 2. The molecule has 116 valence electrons. The first-order valence-corrected chi connectivity index (χ1v) is 6.77. The number of carboxylic acid groups (broad SMARTS) is 1. The highest BCUT2D eigenvalue weighted by atomic mass is 16.4. The Labute approximate surface area is 124 Å². The Bertz CT molecular complexity index is 509. The quantitative estimate of drug-likeness (QED) is 0.667. The lowest BCUT2D eigenvalue weighted by Crippen LogP contribution is -2.33. The molecule has 0 aromatic heterocycles. The number of hydrogen-bond donors (Lipinski definition) is 4. The number of aliphatic carboxylic acids is 1. The smallest absolute Gasteiger partial charge is 0.332 e. The van der Waals surface area contributed by atoms with Gasteiger partial charge in [0.05, 0.1) is 0 Å². The van der Waals surface area contributed by atoms with Gasteiger partial charge in [-0.25, -0.2) is 9.59 Å². The van der Waals surface area contributed by atoms with Gasteiger partial charge in [0.2, 0.25) is 0 Å². The molecule has 0 aliphatic carbocycles. The summed E-state index contributed by atoms with van der Waals surface area (Å²) >= 11 is 0. The van der Waals surface area contributed by atoms with Gasteiger partial charge in [0.15, 0.2) is 6.10 Å². The molecule has 0 fully saturated rings. The minimum Gasteiger partial charge on any atom is -0.479 e. The normalized spacial score (nSPS) is 12.6. The molecular weight excluding hydrogens is 272 g/mol. The summed E-state index contributed by atoms with van der Waals surface area (Å²) in [5.74, 6) is -1.30. The molecular formula is C15H22N2O4. The van der Waals surface area contributed by atoms with Crippen LogP contribution in [0.5, 0.6) is 0 Å². The molecule has 6 nitrogen and oxygen atoms in total. The van der Waals surface area contributed by atoms with E-state index in [1.165, 1.54) is 0 Å². The van der Waals surface area contributed by atoms with Gasteiger partial charge >= 0.3 is 12.0 Å². The number of carbonyl (C=O) groups excluding carboxylic acids is 1. The Hall–Kier alpha value is -2.08. The van der Waals surface area contributed by atoms with Crippen LogP contribution in [-0.4, -0.2) is 34.9 Å². The average molecular weight is 294 g/mol. The number of carboxylic acids is 1. The number of para-hydroxylation sites is 1. The number of rotatable bonds is 5. The van der Waals surface area contributed by atoms with E-state index >= 15 is 0 Å². The standard InChI is InChI=1S/C15H22N2O4/c1-15(2,3)10-6-4-5-7-11(10)17-14(21)16-9-8-12(18)13(19)20/h4-7,12,18H,8-9H2,1-3H3,(H,19,20)(H2,16,17,21). The Kier molecular flexibility index (Phi) is 5.72. The fourth-order valence-corrected chi connectivity index (χ4v) is 1.86. The maximum Gasteiger partial charge on any atom is 0.332 e. The first-order chi connectivity index (χ1) is 9.71. The molecule has 1 aromatic carbocycles. The van der Waals surface area contributed by atoms with Gasteiger partial charge in [0, 0.05) is 18.7 Å². The van der Waals surface area contributed by atoms with Gasteiger partial charge in [0.25, 0.3) is 0 Å². The molecule has 0 radical (unpaired) electrons. The average Bonchev–Trinajstić information content (AvgIpc) is 2.37. The molecule has 0 aliphatic rings. The van der Waals surface area contributed by atoms with Crippen molar-refractivity contribution in [3.8, 4) is 0 Å². The number of benzene rings is 1. The Balaban J connectivity index is 2.58. The van der Waals surface area contributed by atoms with Crippen LogP contribution in [-0.2, 0) is 10.2 Å².